The van der Waals surface area contributed by atoms with Crippen LogP contribution in [0.15, 0.2) is 40.9 Å². The van der Waals surface area contributed by atoms with E-state index in [-0.39, 0.29) is 23.5 Å². The smallest absolute Gasteiger partial charge is 0.318 e. The van der Waals surface area contributed by atoms with E-state index in [2.05, 4.69) is 43.4 Å². The molecule has 2 unspecified atom stereocenters. The summed E-state index contributed by atoms with van der Waals surface area (Å²) < 4.78 is 5.21. The average Bonchev–Trinajstić information content (AvgIpc) is 3.22. The van der Waals surface area contributed by atoms with Crippen LogP contribution in [-0.2, 0) is 0 Å². The Morgan fingerprint density at radius 1 is 1.35 bits per heavy atom. The first-order chi connectivity index (χ1) is 12.3. The van der Waals surface area contributed by atoms with Crippen molar-refractivity contribution in [3.8, 4) is 0 Å². The lowest BCUT2D eigenvalue weighted by molar-refractivity contribution is 0.182. The molecule has 1 N–H and O–H groups in total. The van der Waals surface area contributed by atoms with Crippen LogP contribution in [0, 0.1) is 12.3 Å². The van der Waals surface area contributed by atoms with Crippen LogP contribution in [0.3, 0.4) is 0 Å². The monoisotopic (exact) mass is 355 g/mol. The van der Waals surface area contributed by atoms with Crippen molar-refractivity contribution < 1.29 is 9.32 Å². The van der Waals surface area contributed by atoms with Crippen molar-refractivity contribution in [1.82, 2.24) is 15.4 Å². The summed E-state index contributed by atoms with van der Waals surface area (Å²) >= 11 is 0. The minimum atomic E-state index is -0.0220. The lowest BCUT2D eigenvalue weighted by Gasteiger charge is -2.30. The normalized spacial score (nSPS) is 18.8. The molecule has 0 bridgehead atoms. The van der Waals surface area contributed by atoms with E-state index >= 15 is 0 Å². The average molecular weight is 355 g/mol. The van der Waals surface area contributed by atoms with Gasteiger partial charge in [-0.3, -0.25) is 0 Å². The third-order valence-corrected chi connectivity index (χ3v) is 4.82. The first kappa shape index (κ1) is 18.5. The van der Waals surface area contributed by atoms with Crippen LogP contribution >= 0.6 is 0 Å². The first-order valence-electron chi connectivity index (χ1n) is 9.39. The summed E-state index contributed by atoms with van der Waals surface area (Å²) in [5.41, 5.74) is 2.10. The largest absolute Gasteiger partial charge is 0.361 e. The van der Waals surface area contributed by atoms with Gasteiger partial charge in [0.15, 0.2) is 0 Å². The molecule has 1 aromatic carbocycles. The zero-order chi connectivity index (χ0) is 18.7. The van der Waals surface area contributed by atoms with E-state index < -0.39 is 0 Å². The SMILES string of the molecule is Cc1cc(C2CCCN2C(=O)NC(CC(C)(C)C)c2ccccc2)no1. The molecule has 1 aliphatic rings. The molecule has 0 aliphatic carbocycles. The van der Waals surface area contributed by atoms with Gasteiger partial charge >= 0.3 is 6.03 Å². The number of nitrogens with one attached hydrogen (secondary N) is 1. The Bertz CT molecular complexity index is 733. The Balaban J connectivity index is 1.76. The summed E-state index contributed by atoms with van der Waals surface area (Å²) in [5.74, 6) is 0.780. The Morgan fingerprint density at radius 3 is 2.69 bits per heavy atom. The zero-order valence-corrected chi connectivity index (χ0v) is 16.2. The highest BCUT2D eigenvalue weighted by Crippen LogP contribution is 2.33. The molecule has 0 saturated carbocycles. The Kier molecular flexibility index (Phi) is 5.35. The van der Waals surface area contributed by atoms with Gasteiger partial charge in [0.25, 0.3) is 0 Å². The number of carbonyl (C=O) groups is 1. The number of aryl methyl sites for hydroxylation is 1. The number of nitrogens with zero attached hydrogens (tertiary/aromatic N) is 2. The van der Waals surface area contributed by atoms with Gasteiger partial charge in [0.1, 0.15) is 11.5 Å². The molecule has 3 rings (SSSR count). The molecular formula is C21H29N3O2. The Labute approximate surface area is 155 Å². The third kappa shape index (κ3) is 4.45. The van der Waals surface area contributed by atoms with E-state index in [1.54, 1.807) is 0 Å². The van der Waals surface area contributed by atoms with Crippen LogP contribution in [0.1, 0.15) is 69.1 Å². The lowest BCUT2D eigenvalue weighted by atomic mass is 9.85. The standard InChI is InChI=1S/C21H29N3O2/c1-15-13-17(23-26-15)19-11-8-12-24(19)20(25)22-18(14-21(2,3)4)16-9-6-5-7-10-16/h5-7,9-10,13,18-19H,8,11-12,14H2,1-4H3,(H,22,25). The Hall–Kier alpha value is -2.30. The van der Waals surface area contributed by atoms with Crippen molar-refractivity contribution in [2.24, 2.45) is 5.41 Å². The molecule has 26 heavy (non-hydrogen) atoms. The minimum Gasteiger partial charge on any atom is -0.361 e. The van der Waals surface area contributed by atoms with Crippen molar-refractivity contribution in [3.05, 3.63) is 53.4 Å². The number of benzene rings is 1. The van der Waals surface area contributed by atoms with Gasteiger partial charge in [-0.15, -0.1) is 0 Å². The maximum Gasteiger partial charge on any atom is 0.318 e. The van der Waals surface area contributed by atoms with Crippen molar-refractivity contribution in [3.63, 3.8) is 0 Å². The minimum absolute atomic E-state index is 0.00138. The Morgan fingerprint density at radius 2 is 2.08 bits per heavy atom. The second kappa shape index (κ2) is 7.52. The number of aromatic nitrogens is 1. The van der Waals surface area contributed by atoms with Gasteiger partial charge in [0, 0.05) is 12.6 Å². The number of likely N-dealkylation sites (tertiary alicyclic amines) is 1. The van der Waals surface area contributed by atoms with Crippen LogP contribution < -0.4 is 5.32 Å². The second-order valence-electron chi connectivity index (χ2n) is 8.39. The summed E-state index contributed by atoms with van der Waals surface area (Å²) in [6.07, 6.45) is 2.79. The molecular weight excluding hydrogens is 326 g/mol. The molecule has 2 atom stereocenters. The number of amides is 2. The van der Waals surface area contributed by atoms with Gasteiger partial charge in [-0.25, -0.2) is 4.79 Å². The molecule has 2 amide bonds. The van der Waals surface area contributed by atoms with Gasteiger partial charge in [0.05, 0.1) is 12.1 Å². The summed E-state index contributed by atoms with van der Waals surface area (Å²) in [7, 11) is 0. The van der Waals surface area contributed by atoms with E-state index in [9.17, 15) is 4.79 Å². The van der Waals surface area contributed by atoms with Crippen molar-refractivity contribution in [2.75, 3.05) is 6.54 Å². The van der Waals surface area contributed by atoms with E-state index in [1.807, 2.05) is 36.1 Å². The quantitative estimate of drug-likeness (QED) is 0.839. The van der Waals surface area contributed by atoms with E-state index in [0.29, 0.717) is 0 Å². The predicted molar refractivity (Wildman–Crippen MR) is 102 cm³/mol. The maximum absolute atomic E-state index is 13.1. The van der Waals surface area contributed by atoms with Crippen molar-refractivity contribution in [2.45, 2.75) is 59.0 Å². The molecule has 140 valence electrons. The molecule has 0 radical (unpaired) electrons. The number of urea groups is 1. The first-order valence-corrected chi connectivity index (χ1v) is 9.39. The van der Waals surface area contributed by atoms with Gasteiger partial charge in [-0.1, -0.05) is 56.3 Å². The summed E-state index contributed by atoms with van der Waals surface area (Å²) in [6, 6.07) is 12.1. The molecule has 2 heterocycles. The second-order valence-corrected chi connectivity index (χ2v) is 8.39. The lowest BCUT2D eigenvalue weighted by Crippen LogP contribution is -2.42. The van der Waals surface area contributed by atoms with Crippen LogP contribution in [0.2, 0.25) is 0 Å². The predicted octanol–water partition coefficient (Wildman–Crippen LogP) is 5.01. The van der Waals surface area contributed by atoms with Crippen molar-refractivity contribution >= 4 is 6.03 Å². The molecule has 1 aromatic heterocycles. The summed E-state index contributed by atoms with van der Waals surface area (Å²) in [4.78, 5) is 15.0. The molecule has 1 saturated heterocycles. The molecule has 0 spiro atoms. The van der Waals surface area contributed by atoms with E-state index in [4.69, 9.17) is 4.52 Å². The van der Waals surface area contributed by atoms with Gasteiger partial charge in [-0.05, 0) is 37.2 Å². The third-order valence-electron chi connectivity index (χ3n) is 4.82. The van der Waals surface area contributed by atoms with Crippen LogP contribution in [0.4, 0.5) is 4.79 Å². The maximum atomic E-state index is 13.1. The molecule has 5 nitrogen and oxygen atoms in total. The van der Waals surface area contributed by atoms with Gasteiger partial charge < -0.3 is 14.7 Å². The highest BCUT2D eigenvalue weighted by molar-refractivity contribution is 5.75. The van der Waals surface area contributed by atoms with Crippen molar-refractivity contribution in [1.29, 1.82) is 0 Å². The number of rotatable bonds is 4. The molecule has 2 aromatic rings. The van der Waals surface area contributed by atoms with Crippen LogP contribution in [0.25, 0.3) is 0 Å². The highest BCUT2D eigenvalue weighted by atomic mass is 16.5. The molecule has 1 fully saturated rings. The van der Waals surface area contributed by atoms with Crippen LogP contribution in [-0.4, -0.2) is 22.6 Å². The van der Waals surface area contributed by atoms with Gasteiger partial charge in [0.2, 0.25) is 0 Å². The number of hydrogen-bond donors (Lipinski definition) is 1. The van der Waals surface area contributed by atoms with Crippen LogP contribution in [0.5, 0.6) is 0 Å². The summed E-state index contributed by atoms with van der Waals surface area (Å²) in [5, 5.41) is 7.40. The number of hydrogen-bond acceptors (Lipinski definition) is 3. The fourth-order valence-corrected chi connectivity index (χ4v) is 3.64. The zero-order valence-electron chi connectivity index (χ0n) is 16.2. The molecule has 5 heteroatoms. The molecule has 1 aliphatic heterocycles. The van der Waals surface area contributed by atoms with E-state index in [1.165, 1.54) is 0 Å². The topological polar surface area (TPSA) is 58.4 Å². The fourth-order valence-electron chi connectivity index (χ4n) is 3.64. The highest BCUT2D eigenvalue weighted by Gasteiger charge is 2.33. The summed E-state index contributed by atoms with van der Waals surface area (Å²) in [6.45, 7) is 9.23. The fraction of sp³-hybridized carbons (Fsp3) is 0.524. The number of carbonyl (C=O) groups excluding carboxylic acids is 1. The van der Waals surface area contributed by atoms with E-state index in [0.717, 1.165) is 42.8 Å². The van der Waals surface area contributed by atoms with Gasteiger partial charge in [-0.2, -0.15) is 0 Å².